The number of hydrogen-bond acceptors (Lipinski definition) is 9. The summed E-state index contributed by atoms with van der Waals surface area (Å²) in [5, 5.41) is 43.3. The highest BCUT2D eigenvalue weighted by Gasteiger charge is 2.62. The maximum atomic E-state index is 14.1. The van der Waals surface area contributed by atoms with E-state index in [1.807, 2.05) is 13.8 Å². The number of esters is 1. The predicted octanol–water partition coefficient (Wildman–Crippen LogP) is 1.97. The van der Waals surface area contributed by atoms with Gasteiger partial charge in [-0.2, -0.15) is 0 Å². The maximum Gasteiger partial charge on any atom is 0.321 e. The van der Waals surface area contributed by atoms with Crippen LogP contribution < -0.4 is 0 Å². The molecule has 0 aliphatic heterocycles. The summed E-state index contributed by atoms with van der Waals surface area (Å²) in [6.45, 7) is 9.20. The summed E-state index contributed by atoms with van der Waals surface area (Å²) in [6, 6.07) is 0. The molecule has 1 fully saturated rings. The average molecular weight is 503 g/mol. The van der Waals surface area contributed by atoms with E-state index < -0.39 is 64.0 Å². The zero-order chi connectivity index (χ0) is 26.8. The van der Waals surface area contributed by atoms with Crippen LogP contribution in [0.5, 0.6) is 0 Å². The van der Waals surface area contributed by atoms with Gasteiger partial charge < -0.3 is 29.9 Å². The van der Waals surface area contributed by atoms with Crippen LogP contribution in [0.15, 0.2) is 47.0 Å². The van der Waals surface area contributed by atoms with Crippen LogP contribution in [-0.2, 0) is 23.9 Å². The van der Waals surface area contributed by atoms with Gasteiger partial charge >= 0.3 is 5.97 Å². The van der Waals surface area contributed by atoms with Crippen molar-refractivity contribution in [1.29, 1.82) is 0 Å². The van der Waals surface area contributed by atoms with E-state index in [2.05, 4.69) is 6.58 Å². The molecule has 0 aromatic heterocycles. The molecule has 1 saturated carbocycles. The van der Waals surface area contributed by atoms with E-state index in [9.17, 15) is 34.8 Å². The Hall–Kier alpha value is -2.75. The van der Waals surface area contributed by atoms with Crippen molar-refractivity contribution in [3.8, 4) is 0 Å². The molecule has 0 radical (unpaired) electrons. The van der Waals surface area contributed by atoms with Gasteiger partial charge in [0, 0.05) is 22.6 Å². The minimum absolute atomic E-state index is 0.0448. The first-order valence-corrected chi connectivity index (χ1v) is 12.2. The quantitative estimate of drug-likeness (QED) is 0.334. The molecule has 0 heterocycles. The van der Waals surface area contributed by atoms with E-state index in [0.717, 1.165) is 6.08 Å². The molecule has 196 valence electrons. The molecule has 6 unspecified atom stereocenters. The first-order valence-electron chi connectivity index (χ1n) is 12.2. The standard InChI is InChI=1S/C27H34O9/c1-6-26(4)11-8-13-16(23(26)33)18(30)20(32)22-25(2,3)9-7-10-27(13,22)24(34)36-21-14(28)12-15(35-5)17(29)19(21)31/h6,12,17,19,21,23,29,31-33H,1,7-11H2,2-5H3. The molecular weight excluding hydrogens is 468 g/mol. The summed E-state index contributed by atoms with van der Waals surface area (Å²) in [4.78, 5) is 40.2. The number of aliphatic hydroxyl groups excluding tert-OH is 4. The number of allylic oxidation sites excluding steroid dienone is 1. The summed E-state index contributed by atoms with van der Waals surface area (Å²) in [7, 11) is 1.24. The molecule has 4 aliphatic rings. The van der Waals surface area contributed by atoms with Crippen LogP contribution in [0.1, 0.15) is 52.9 Å². The van der Waals surface area contributed by atoms with Crippen molar-refractivity contribution in [1.82, 2.24) is 0 Å². The van der Waals surface area contributed by atoms with Gasteiger partial charge in [-0.05, 0) is 36.7 Å². The number of ether oxygens (including phenoxy) is 2. The minimum atomic E-state index is -1.77. The average Bonchev–Trinajstić information content (AvgIpc) is 2.83. The van der Waals surface area contributed by atoms with Crippen molar-refractivity contribution in [2.75, 3.05) is 7.11 Å². The largest absolute Gasteiger partial charge is 0.504 e. The van der Waals surface area contributed by atoms with Gasteiger partial charge in [-0.25, -0.2) is 0 Å². The van der Waals surface area contributed by atoms with Gasteiger partial charge in [0.1, 0.15) is 23.4 Å². The number of hydrogen-bond donors (Lipinski definition) is 4. The molecule has 0 aromatic rings. The first kappa shape index (κ1) is 26.3. The third-order valence-corrected chi connectivity index (χ3v) is 8.58. The van der Waals surface area contributed by atoms with Gasteiger partial charge in [0.2, 0.25) is 11.6 Å². The summed E-state index contributed by atoms with van der Waals surface area (Å²) in [5.74, 6) is -3.15. The zero-order valence-electron chi connectivity index (χ0n) is 21.0. The highest BCUT2D eigenvalue weighted by Crippen LogP contribution is 2.62. The van der Waals surface area contributed by atoms with Crippen molar-refractivity contribution in [3.05, 3.63) is 47.0 Å². The predicted molar refractivity (Wildman–Crippen MR) is 127 cm³/mol. The lowest BCUT2D eigenvalue weighted by atomic mass is 9.50. The fourth-order valence-electron chi connectivity index (χ4n) is 6.43. The van der Waals surface area contributed by atoms with E-state index in [4.69, 9.17) is 9.47 Å². The summed E-state index contributed by atoms with van der Waals surface area (Å²) in [5.41, 5.74) is -2.68. The monoisotopic (exact) mass is 502 g/mol. The molecule has 9 nitrogen and oxygen atoms in total. The van der Waals surface area contributed by atoms with Crippen molar-refractivity contribution >= 4 is 17.5 Å². The smallest absolute Gasteiger partial charge is 0.321 e. The number of carbonyl (C=O) groups is 3. The Bertz CT molecular complexity index is 1130. The van der Waals surface area contributed by atoms with E-state index in [0.29, 0.717) is 24.8 Å². The van der Waals surface area contributed by atoms with Gasteiger partial charge in [-0.15, -0.1) is 6.58 Å². The second-order valence-electron chi connectivity index (χ2n) is 11.1. The van der Waals surface area contributed by atoms with Crippen molar-refractivity contribution in [2.45, 2.75) is 77.3 Å². The van der Waals surface area contributed by atoms with Crippen LogP contribution in [-0.4, -0.2) is 69.5 Å². The fourth-order valence-corrected chi connectivity index (χ4v) is 6.43. The minimum Gasteiger partial charge on any atom is -0.504 e. The SMILES string of the molecule is C=CC1(C)CCC2=C(C(=O)C(O)=C3C(C)(C)CCCC23C(=O)OC2C(=O)C=C(OC)C(O)C2O)C1O. The van der Waals surface area contributed by atoms with Crippen LogP contribution in [0.25, 0.3) is 0 Å². The lowest BCUT2D eigenvalue weighted by Gasteiger charge is -2.53. The molecule has 4 rings (SSSR count). The van der Waals surface area contributed by atoms with E-state index in [-0.39, 0.29) is 29.7 Å². The van der Waals surface area contributed by atoms with Crippen LogP contribution in [0.2, 0.25) is 0 Å². The topological polar surface area (TPSA) is 151 Å². The third kappa shape index (κ3) is 3.51. The Labute approximate surface area is 209 Å². The number of Topliss-reactive ketones (excluding diaryl/α,β-unsaturated/α-hetero) is 1. The molecule has 6 atom stereocenters. The number of methoxy groups -OCH3 is 1. The number of fused-ring (bicyclic) bond motifs is 2. The van der Waals surface area contributed by atoms with E-state index in [1.165, 1.54) is 7.11 Å². The second kappa shape index (κ2) is 8.68. The van der Waals surface area contributed by atoms with Crippen molar-refractivity contribution < 1.29 is 44.3 Å². The fraction of sp³-hybridized carbons (Fsp3) is 0.593. The van der Waals surface area contributed by atoms with E-state index >= 15 is 0 Å². The van der Waals surface area contributed by atoms with Crippen LogP contribution in [0.4, 0.5) is 0 Å². The lowest BCUT2D eigenvalue weighted by Crippen LogP contribution is -2.55. The summed E-state index contributed by atoms with van der Waals surface area (Å²) < 4.78 is 10.6. The number of carbonyl (C=O) groups excluding carboxylic acids is 3. The highest BCUT2D eigenvalue weighted by molar-refractivity contribution is 6.12. The molecule has 4 aliphatic carbocycles. The second-order valence-corrected chi connectivity index (χ2v) is 11.1. The molecule has 4 N–H and O–H groups in total. The summed E-state index contributed by atoms with van der Waals surface area (Å²) in [6.07, 6.45) is -1.82. The number of rotatable bonds is 4. The Morgan fingerprint density at radius 2 is 1.81 bits per heavy atom. The van der Waals surface area contributed by atoms with Gasteiger partial charge in [0.05, 0.1) is 13.2 Å². The Kier molecular flexibility index (Phi) is 6.34. The van der Waals surface area contributed by atoms with Gasteiger partial charge in [0.25, 0.3) is 0 Å². The third-order valence-electron chi connectivity index (χ3n) is 8.58. The molecule has 0 amide bonds. The number of aliphatic hydroxyl groups is 4. The van der Waals surface area contributed by atoms with Gasteiger partial charge in [0.15, 0.2) is 11.9 Å². The molecule has 36 heavy (non-hydrogen) atoms. The molecular formula is C27H34O9. The van der Waals surface area contributed by atoms with Crippen molar-refractivity contribution in [2.24, 2.45) is 16.2 Å². The molecule has 0 saturated heterocycles. The normalized spacial score (nSPS) is 38.1. The molecule has 0 bridgehead atoms. The van der Waals surface area contributed by atoms with Crippen LogP contribution in [0.3, 0.4) is 0 Å². The Morgan fingerprint density at radius 3 is 2.42 bits per heavy atom. The van der Waals surface area contributed by atoms with Crippen LogP contribution in [0, 0.1) is 16.2 Å². The molecule has 9 heteroatoms. The lowest BCUT2D eigenvalue weighted by molar-refractivity contribution is -0.175. The Balaban J connectivity index is 1.88. The first-order chi connectivity index (χ1) is 16.8. The van der Waals surface area contributed by atoms with Gasteiger partial charge in [-0.3, -0.25) is 14.4 Å². The zero-order valence-corrected chi connectivity index (χ0v) is 21.0. The van der Waals surface area contributed by atoms with Crippen molar-refractivity contribution in [3.63, 3.8) is 0 Å². The molecule has 0 spiro atoms. The maximum absolute atomic E-state index is 14.1. The van der Waals surface area contributed by atoms with E-state index in [1.54, 1.807) is 13.0 Å². The Morgan fingerprint density at radius 1 is 1.14 bits per heavy atom. The molecule has 0 aromatic carbocycles. The number of ketones is 2. The van der Waals surface area contributed by atoms with Crippen LogP contribution >= 0.6 is 0 Å². The van der Waals surface area contributed by atoms with Gasteiger partial charge in [-0.1, -0.05) is 33.3 Å². The highest BCUT2D eigenvalue weighted by atomic mass is 16.6. The summed E-state index contributed by atoms with van der Waals surface area (Å²) >= 11 is 0.